The third-order valence-corrected chi connectivity index (χ3v) is 2.69. The number of benzene rings is 1. The smallest absolute Gasteiger partial charge is 0.223 e. The van der Waals surface area contributed by atoms with Crippen molar-refractivity contribution in [2.24, 2.45) is 0 Å². The Morgan fingerprint density at radius 3 is 2.71 bits per heavy atom. The second-order valence-electron chi connectivity index (χ2n) is 4.53. The summed E-state index contributed by atoms with van der Waals surface area (Å²) >= 11 is 0. The van der Waals surface area contributed by atoms with Crippen LogP contribution in [0.5, 0.6) is 0 Å². The van der Waals surface area contributed by atoms with Crippen LogP contribution in [0, 0.1) is 6.92 Å². The second kappa shape index (κ2) is 7.07. The van der Waals surface area contributed by atoms with E-state index in [1.807, 2.05) is 0 Å². The largest absolute Gasteiger partial charge is 0.349 e. The zero-order valence-electron chi connectivity index (χ0n) is 11.0. The number of carbonyl (C=O) groups is 1. The highest BCUT2D eigenvalue weighted by Crippen LogP contribution is 2.03. The van der Waals surface area contributed by atoms with E-state index in [-0.39, 0.29) is 5.91 Å². The normalized spacial score (nSPS) is 10.3. The van der Waals surface area contributed by atoms with Crippen molar-refractivity contribution in [3.05, 3.63) is 35.4 Å². The lowest BCUT2D eigenvalue weighted by molar-refractivity contribution is -0.128. The lowest BCUT2D eigenvalue weighted by Gasteiger charge is -2.10. The van der Waals surface area contributed by atoms with Gasteiger partial charge in [-0.05, 0) is 25.5 Å². The molecule has 3 nitrogen and oxygen atoms in total. The molecule has 0 atom stereocenters. The number of hydrogen-bond acceptors (Lipinski definition) is 2. The van der Waals surface area contributed by atoms with Crippen LogP contribution in [0.15, 0.2) is 24.3 Å². The van der Waals surface area contributed by atoms with Crippen molar-refractivity contribution in [1.29, 1.82) is 0 Å². The average Bonchev–Trinajstić information content (AvgIpc) is 2.28. The Hall–Kier alpha value is -1.35. The van der Waals surface area contributed by atoms with Gasteiger partial charge in [0.25, 0.3) is 0 Å². The zero-order valence-corrected chi connectivity index (χ0v) is 11.0. The van der Waals surface area contributed by atoms with Crippen molar-refractivity contribution in [2.75, 3.05) is 27.2 Å². The molecule has 1 aromatic rings. The van der Waals surface area contributed by atoms with E-state index < -0.39 is 0 Å². The van der Waals surface area contributed by atoms with E-state index in [2.05, 4.69) is 36.5 Å². The number of nitrogens with one attached hydrogen (secondary N) is 1. The Morgan fingerprint density at radius 1 is 1.29 bits per heavy atom. The van der Waals surface area contributed by atoms with Crippen LogP contribution in [-0.2, 0) is 11.2 Å². The molecule has 0 aliphatic carbocycles. The molecule has 0 fully saturated rings. The van der Waals surface area contributed by atoms with Gasteiger partial charge in [0.05, 0.1) is 0 Å². The molecule has 0 aliphatic rings. The molecule has 17 heavy (non-hydrogen) atoms. The molecule has 1 N–H and O–H groups in total. The SMILES string of the molecule is Cc1cccc(CCNCCC(=O)N(C)C)c1. The molecule has 0 saturated carbocycles. The molecule has 0 spiro atoms. The van der Waals surface area contributed by atoms with E-state index in [9.17, 15) is 4.79 Å². The van der Waals surface area contributed by atoms with Gasteiger partial charge in [-0.25, -0.2) is 0 Å². The standard InChI is InChI=1S/C14H22N2O/c1-12-5-4-6-13(11-12)7-9-15-10-8-14(17)16(2)3/h4-6,11,15H,7-10H2,1-3H3. The Bertz CT molecular complexity index is 361. The topological polar surface area (TPSA) is 32.3 Å². The Labute approximate surface area is 104 Å². The molecule has 0 bridgehead atoms. The van der Waals surface area contributed by atoms with Crippen molar-refractivity contribution in [2.45, 2.75) is 19.8 Å². The van der Waals surface area contributed by atoms with Crippen molar-refractivity contribution in [1.82, 2.24) is 10.2 Å². The summed E-state index contributed by atoms with van der Waals surface area (Å²) in [4.78, 5) is 12.9. The summed E-state index contributed by atoms with van der Waals surface area (Å²) < 4.78 is 0. The highest BCUT2D eigenvalue weighted by molar-refractivity contribution is 5.75. The summed E-state index contributed by atoms with van der Waals surface area (Å²) in [7, 11) is 3.57. The lowest BCUT2D eigenvalue weighted by atomic mass is 10.1. The van der Waals surface area contributed by atoms with E-state index in [1.54, 1.807) is 19.0 Å². The molecule has 0 aliphatic heterocycles. The molecule has 0 heterocycles. The third kappa shape index (κ3) is 5.50. The van der Waals surface area contributed by atoms with Gasteiger partial charge in [-0.1, -0.05) is 29.8 Å². The molecule has 1 amide bonds. The predicted molar refractivity (Wildman–Crippen MR) is 71.1 cm³/mol. The van der Waals surface area contributed by atoms with Crippen LogP contribution in [0.25, 0.3) is 0 Å². The first-order valence-electron chi connectivity index (χ1n) is 6.06. The van der Waals surface area contributed by atoms with Gasteiger partial charge in [0, 0.05) is 27.1 Å². The summed E-state index contributed by atoms with van der Waals surface area (Å²) in [5.74, 6) is 0.174. The minimum absolute atomic E-state index is 0.174. The third-order valence-electron chi connectivity index (χ3n) is 2.69. The highest BCUT2D eigenvalue weighted by Gasteiger charge is 2.02. The monoisotopic (exact) mass is 234 g/mol. The predicted octanol–water partition coefficient (Wildman–Crippen LogP) is 1.61. The number of amides is 1. The fourth-order valence-electron chi connectivity index (χ4n) is 1.64. The fourth-order valence-corrected chi connectivity index (χ4v) is 1.64. The molecular formula is C14H22N2O. The maximum Gasteiger partial charge on any atom is 0.223 e. The van der Waals surface area contributed by atoms with Crippen molar-refractivity contribution in [3.8, 4) is 0 Å². The first kappa shape index (κ1) is 13.7. The minimum atomic E-state index is 0.174. The maximum atomic E-state index is 11.3. The fraction of sp³-hybridized carbons (Fsp3) is 0.500. The van der Waals surface area contributed by atoms with Gasteiger partial charge in [0.1, 0.15) is 0 Å². The summed E-state index contributed by atoms with van der Waals surface area (Å²) in [6.07, 6.45) is 1.58. The number of carbonyl (C=O) groups excluding carboxylic acids is 1. The first-order chi connectivity index (χ1) is 8.09. The summed E-state index contributed by atoms with van der Waals surface area (Å²) in [6, 6.07) is 8.53. The van der Waals surface area contributed by atoms with Gasteiger partial charge in [-0.15, -0.1) is 0 Å². The van der Waals surface area contributed by atoms with Crippen LogP contribution in [0.1, 0.15) is 17.5 Å². The van der Waals surface area contributed by atoms with Crippen molar-refractivity contribution < 1.29 is 4.79 Å². The molecule has 94 valence electrons. The quantitative estimate of drug-likeness (QED) is 0.758. The molecule has 0 saturated heterocycles. The van der Waals surface area contributed by atoms with Gasteiger partial charge in [-0.2, -0.15) is 0 Å². The number of nitrogens with zero attached hydrogens (tertiary/aromatic N) is 1. The van der Waals surface area contributed by atoms with Crippen molar-refractivity contribution in [3.63, 3.8) is 0 Å². The van der Waals surface area contributed by atoms with Crippen LogP contribution >= 0.6 is 0 Å². The van der Waals surface area contributed by atoms with Crippen LogP contribution < -0.4 is 5.32 Å². The Morgan fingerprint density at radius 2 is 2.06 bits per heavy atom. The molecular weight excluding hydrogens is 212 g/mol. The first-order valence-corrected chi connectivity index (χ1v) is 6.06. The molecule has 3 heteroatoms. The zero-order chi connectivity index (χ0) is 12.7. The van der Waals surface area contributed by atoms with Crippen LogP contribution in [0.4, 0.5) is 0 Å². The number of rotatable bonds is 6. The van der Waals surface area contributed by atoms with E-state index in [4.69, 9.17) is 0 Å². The second-order valence-corrected chi connectivity index (χ2v) is 4.53. The number of hydrogen-bond donors (Lipinski definition) is 1. The summed E-state index contributed by atoms with van der Waals surface area (Å²) in [5.41, 5.74) is 2.64. The minimum Gasteiger partial charge on any atom is -0.349 e. The Kier molecular flexibility index (Phi) is 5.70. The maximum absolute atomic E-state index is 11.3. The molecule has 1 rings (SSSR count). The van der Waals surface area contributed by atoms with E-state index in [0.717, 1.165) is 19.5 Å². The van der Waals surface area contributed by atoms with Gasteiger partial charge >= 0.3 is 0 Å². The van der Waals surface area contributed by atoms with E-state index in [0.29, 0.717) is 6.42 Å². The van der Waals surface area contributed by atoms with E-state index in [1.165, 1.54) is 11.1 Å². The highest BCUT2D eigenvalue weighted by atomic mass is 16.2. The molecule has 0 radical (unpaired) electrons. The molecule has 0 aromatic heterocycles. The van der Waals surface area contributed by atoms with Gasteiger partial charge in [0.15, 0.2) is 0 Å². The summed E-state index contributed by atoms with van der Waals surface area (Å²) in [5, 5.41) is 3.29. The number of aryl methyl sites for hydroxylation is 1. The van der Waals surface area contributed by atoms with Crippen LogP contribution in [-0.4, -0.2) is 38.0 Å². The van der Waals surface area contributed by atoms with E-state index >= 15 is 0 Å². The lowest BCUT2D eigenvalue weighted by Crippen LogP contribution is -2.27. The van der Waals surface area contributed by atoms with Gasteiger partial charge < -0.3 is 10.2 Å². The van der Waals surface area contributed by atoms with Gasteiger partial charge in [-0.3, -0.25) is 4.79 Å². The Balaban J connectivity index is 2.14. The van der Waals surface area contributed by atoms with Crippen molar-refractivity contribution >= 4 is 5.91 Å². The summed E-state index contributed by atoms with van der Waals surface area (Å²) in [6.45, 7) is 3.78. The van der Waals surface area contributed by atoms with Crippen LogP contribution in [0.2, 0.25) is 0 Å². The average molecular weight is 234 g/mol. The molecule has 1 aromatic carbocycles. The molecule has 0 unspecified atom stereocenters. The van der Waals surface area contributed by atoms with Gasteiger partial charge in [0.2, 0.25) is 5.91 Å². The van der Waals surface area contributed by atoms with Crippen LogP contribution in [0.3, 0.4) is 0 Å².